The van der Waals surface area contributed by atoms with Crippen molar-refractivity contribution in [1.82, 2.24) is 0 Å². The molecule has 9 nitrogen and oxygen atoms in total. The number of benzene rings is 3. The number of amides is 2. The average molecular weight is 613 g/mol. The molecule has 2 amide bonds. The Morgan fingerprint density at radius 3 is 2.07 bits per heavy atom. The molecule has 0 saturated carbocycles. The van der Waals surface area contributed by atoms with Crippen LogP contribution in [0, 0.1) is 17.8 Å². The van der Waals surface area contributed by atoms with Crippen LogP contribution in [0.4, 0.5) is 22.7 Å². The van der Waals surface area contributed by atoms with Gasteiger partial charge in [0.1, 0.15) is 5.75 Å². The predicted octanol–water partition coefficient (Wildman–Crippen LogP) is 6.51. The number of carbonyl (C=O) groups excluding carboxylic acids is 4. The zero-order valence-electron chi connectivity index (χ0n) is 25.7. The van der Waals surface area contributed by atoms with E-state index in [4.69, 9.17) is 0 Å². The minimum Gasteiger partial charge on any atom is -0.508 e. The predicted molar refractivity (Wildman–Crippen MR) is 173 cm³/mol. The van der Waals surface area contributed by atoms with Crippen molar-refractivity contribution in [3.8, 4) is 5.75 Å². The molecular formula is C37H32N4O5. The molecule has 3 aromatic carbocycles. The highest BCUT2D eigenvalue weighted by Gasteiger charge is 2.56. The SMILES string of the molecule is CC1=CC(=O)C2=C(C1=O)C(c1ccc(O)cc1)C1=CCC3C(=O)N(c4ccc(N=Nc5ccc(N(C)C)cc5)cc4)C(=O)C3C1C2. The van der Waals surface area contributed by atoms with Gasteiger partial charge in [0.25, 0.3) is 0 Å². The van der Waals surface area contributed by atoms with Crippen LogP contribution in [-0.4, -0.2) is 42.6 Å². The van der Waals surface area contributed by atoms with Gasteiger partial charge < -0.3 is 10.0 Å². The van der Waals surface area contributed by atoms with Crippen molar-refractivity contribution in [2.45, 2.75) is 25.7 Å². The minimum absolute atomic E-state index is 0.0866. The molecule has 1 heterocycles. The zero-order chi connectivity index (χ0) is 32.3. The molecule has 0 bridgehead atoms. The van der Waals surface area contributed by atoms with Crippen LogP contribution < -0.4 is 9.80 Å². The van der Waals surface area contributed by atoms with E-state index in [1.807, 2.05) is 49.3 Å². The number of anilines is 2. The molecule has 1 aliphatic heterocycles. The summed E-state index contributed by atoms with van der Waals surface area (Å²) in [7, 11) is 3.93. The second-order valence-corrected chi connectivity index (χ2v) is 12.5. The number of fused-ring (bicyclic) bond motifs is 3. The number of aromatic hydroxyl groups is 1. The number of hydrogen-bond donors (Lipinski definition) is 1. The first-order valence-electron chi connectivity index (χ1n) is 15.3. The van der Waals surface area contributed by atoms with Crippen LogP contribution in [0.1, 0.15) is 31.2 Å². The topological polar surface area (TPSA) is 120 Å². The smallest absolute Gasteiger partial charge is 0.238 e. The molecule has 3 aromatic rings. The molecule has 3 aliphatic carbocycles. The lowest BCUT2D eigenvalue weighted by Crippen LogP contribution is -2.39. The van der Waals surface area contributed by atoms with Crippen LogP contribution >= 0.6 is 0 Å². The van der Waals surface area contributed by atoms with Gasteiger partial charge in [0.2, 0.25) is 11.8 Å². The fourth-order valence-electron chi connectivity index (χ4n) is 7.26. The molecule has 1 N–H and O–H groups in total. The van der Waals surface area contributed by atoms with Crippen LogP contribution in [0.3, 0.4) is 0 Å². The van der Waals surface area contributed by atoms with Gasteiger partial charge in [0.15, 0.2) is 11.6 Å². The Balaban J connectivity index is 1.18. The van der Waals surface area contributed by atoms with E-state index in [2.05, 4.69) is 10.2 Å². The van der Waals surface area contributed by atoms with E-state index < -0.39 is 23.7 Å². The Morgan fingerprint density at radius 1 is 0.804 bits per heavy atom. The molecule has 9 heteroatoms. The third-order valence-electron chi connectivity index (χ3n) is 9.55. The van der Waals surface area contributed by atoms with Crippen molar-refractivity contribution in [2.75, 3.05) is 23.9 Å². The van der Waals surface area contributed by atoms with Crippen molar-refractivity contribution >= 4 is 46.1 Å². The van der Waals surface area contributed by atoms with Crippen molar-refractivity contribution in [1.29, 1.82) is 0 Å². The Bertz CT molecular complexity index is 1920. The van der Waals surface area contributed by atoms with Gasteiger partial charge in [-0.3, -0.25) is 24.1 Å². The van der Waals surface area contributed by atoms with Gasteiger partial charge in [-0.1, -0.05) is 23.8 Å². The Hall–Kier alpha value is -5.44. The number of allylic oxidation sites excluding steroid dienone is 6. The lowest BCUT2D eigenvalue weighted by molar-refractivity contribution is -0.123. The van der Waals surface area contributed by atoms with Crippen LogP contribution in [0.25, 0.3) is 0 Å². The standard InChI is InChI=1S/C37H32N4O5/c1-20-18-31(43)30-19-29-27(32(34(30)35(20)44)21-4-14-26(42)15-5-21)16-17-28-33(29)37(46)41(36(28)45)25-12-8-23(9-13-25)39-38-22-6-10-24(11-7-22)40(2)3/h4-16,18,28-29,32-33,42H,17,19H2,1-3H3. The van der Waals surface area contributed by atoms with E-state index in [-0.39, 0.29) is 35.6 Å². The second kappa shape index (κ2) is 11.2. The number of carbonyl (C=O) groups is 4. The quantitative estimate of drug-likeness (QED) is 0.152. The molecule has 4 unspecified atom stereocenters. The van der Waals surface area contributed by atoms with Crippen molar-refractivity contribution < 1.29 is 24.3 Å². The molecule has 0 spiro atoms. The molecular weight excluding hydrogens is 580 g/mol. The summed E-state index contributed by atoms with van der Waals surface area (Å²) in [6.45, 7) is 1.64. The number of Topliss-reactive ketones (excluding diaryl/α,β-unsaturated/α-hetero) is 1. The van der Waals surface area contributed by atoms with Crippen LogP contribution in [0.15, 0.2) is 117 Å². The molecule has 230 valence electrons. The number of nitrogens with zero attached hydrogens (tertiary/aromatic N) is 4. The maximum absolute atomic E-state index is 14.1. The van der Waals surface area contributed by atoms with Gasteiger partial charge in [-0.05, 0) is 98.0 Å². The summed E-state index contributed by atoms with van der Waals surface area (Å²) < 4.78 is 0. The highest BCUT2D eigenvalue weighted by molar-refractivity contribution is 6.25. The summed E-state index contributed by atoms with van der Waals surface area (Å²) in [5.41, 5.74) is 5.63. The minimum atomic E-state index is -0.666. The monoisotopic (exact) mass is 612 g/mol. The number of ketones is 2. The molecule has 7 rings (SSSR count). The Labute approximate surface area is 266 Å². The van der Waals surface area contributed by atoms with Gasteiger partial charge in [-0.2, -0.15) is 10.2 Å². The maximum Gasteiger partial charge on any atom is 0.238 e. The van der Waals surface area contributed by atoms with Gasteiger partial charge >= 0.3 is 0 Å². The van der Waals surface area contributed by atoms with Crippen molar-refractivity contribution in [3.05, 3.63) is 113 Å². The van der Waals surface area contributed by atoms with Gasteiger partial charge in [-0.25, -0.2) is 0 Å². The van der Waals surface area contributed by atoms with E-state index in [1.54, 1.807) is 55.5 Å². The fraction of sp³-hybridized carbons (Fsp3) is 0.243. The number of phenolic OH excluding ortho intramolecular Hbond substituents is 1. The lowest BCUT2D eigenvalue weighted by atomic mass is 9.59. The van der Waals surface area contributed by atoms with Crippen LogP contribution in [-0.2, 0) is 19.2 Å². The number of azo groups is 1. The van der Waals surface area contributed by atoms with Crippen LogP contribution in [0.5, 0.6) is 5.75 Å². The maximum atomic E-state index is 14.1. The molecule has 4 atom stereocenters. The molecule has 1 fully saturated rings. The van der Waals surface area contributed by atoms with E-state index in [0.717, 1.165) is 16.8 Å². The molecule has 0 aromatic heterocycles. The van der Waals surface area contributed by atoms with E-state index in [9.17, 15) is 24.3 Å². The summed E-state index contributed by atoms with van der Waals surface area (Å²) in [6, 6.07) is 21.1. The van der Waals surface area contributed by atoms with Crippen LogP contribution in [0.2, 0.25) is 0 Å². The third kappa shape index (κ3) is 4.79. The summed E-state index contributed by atoms with van der Waals surface area (Å²) in [5, 5.41) is 18.6. The van der Waals surface area contributed by atoms with E-state index in [1.165, 1.54) is 11.0 Å². The lowest BCUT2D eigenvalue weighted by Gasteiger charge is -2.42. The van der Waals surface area contributed by atoms with Gasteiger partial charge in [0, 0.05) is 42.4 Å². The Morgan fingerprint density at radius 2 is 1.43 bits per heavy atom. The third-order valence-corrected chi connectivity index (χ3v) is 9.55. The molecule has 1 saturated heterocycles. The summed E-state index contributed by atoms with van der Waals surface area (Å²) in [4.78, 5) is 58.0. The van der Waals surface area contributed by atoms with Gasteiger partial charge in [0.05, 0.1) is 28.9 Å². The highest BCUT2D eigenvalue weighted by Crippen LogP contribution is 2.55. The summed E-state index contributed by atoms with van der Waals surface area (Å²) in [5.74, 6) is -3.12. The summed E-state index contributed by atoms with van der Waals surface area (Å²) >= 11 is 0. The van der Waals surface area contributed by atoms with Gasteiger partial charge in [-0.15, -0.1) is 0 Å². The average Bonchev–Trinajstić information content (AvgIpc) is 3.31. The number of rotatable bonds is 5. The number of hydrogen-bond acceptors (Lipinski definition) is 8. The van der Waals surface area contributed by atoms with Crippen molar-refractivity contribution in [3.63, 3.8) is 0 Å². The largest absolute Gasteiger partial charge is 0.508 e. The second-order valence-electron chi connectivity index (χ2n) is 12.5. The van der Waals surface area contributed by atoms with Crippen molar-refractivity contribution in [2.24, 2.45) is 28.0 Å². The summed E-state index contributed by atoms with van der Waals surface area (Å²) in [6.07, 6.45) is 3.93. The normalized spacial score (nSPS) is 24.1. The number of phenols is 1. The molecule has 46 heavy (non-hydrogen) atoms. The first-order chi connectivity index (χ1) is 22.1. The first-order valence-corrected chi connectivity index (χ1v) is 15.3. The first kappa shape index (κ1) is 29.3. The Kier molecular flexibility index (Phi) is 7.11. The number of imide groups is 1. The zero-order valence-corrected chi connectivity index (χ0v) is 25.7. The fourth-order valence-corrected chi connectivity index (χ4v) is 7.26. The molecule has 4 aliphatic rings. The van der Waals surface area contributed by atoms with E-state index in [0.29, 0.717) is 40.2 Å². The van der Waals surface area contributed by atoms with E-state index >= 15 is 0 Å². The molecule has 0 radical (unpaired) electrons. The highest BCUT2D eigenvalue weighted by atomic mass is 16.3.